The van der Waals surface area contributed by atoms with Gasteiger partial charge in [-0.05, 0) is 112 Å². The summed E-state index contributed by atoms with van der Waals surface area (Å²) in [5, 5.41) is 33.9. The van der Waals surface area contributed by atoms with Crippen LogP contribution in [0, 0.1) is 11.8 Å². The summed E-state index contributed by atoms with van der Waals surface area (Å²) in [6.45, 7) is 11.4. The largest absolute Gasteiger partial charge is 0.573 e. The summed E-state index contributed by atoms with van der Waals surface area (Å²) in [6.07, 6.45) is 9.65. The number of likely N-dealkylation sites (tertiary alicyclic amines) is 1. The number of ether oxygens (including phenoxy) is 1. The molecule has 0 aliphatic carbocycles. The van der Waals surface area contributed by atoms with Crippen LogP contribution in [0.25, 0.3) is 43.6 Å². The number of hydrogen-bond donors (Lipinski definition) is 4. The Morgan fingerprint density at radius 2 is 1.06 bits per heavy atom. The van der Waals surface area contributed by atoms with Gasteiger partial charge in [-0.15, -0.1) is 13.2 Å². The molecule has 4 N–H and O–H groups in total. The standard InChI is InChI=1S/C16H20ClN3O.C15H16F3N3O2.2C14H17ClN4O/c1-11(21)2-3-12-4-6-20(7-5-12)16-9-13(17)8-15-14(16)10-18-19-15;1-9(22)21-4-2-10(3-5-21)12-6-11(23-15(16,17)18)7-14-13(12)8-19-20-14;1-18(2)14(20)9-3-4-19(8-9)13-6-10(15)5-12-11(13)7-16-17-12;1-9(20)18(2)11-3-4-19(8-11)14-6-10(15)5-13-12(14)7-16-17-13/h8-10,12H,2-7H2,1H3,(H,18,19);6-8,10H,2-5H2,1H3,(H,19,20);5-7,9H,3-4,8H2,1-2H3,(H,16,17);5-7,11H,3-4,8H2,1-2H3,(H,16,17). The van der Waals surface area contributed by atoms with E-state index in [1.54, 1.807) is 43.9 Å². The second-order valence-corrected chi connectivity index (χ2v) is 23.6. The van der Waals surface area contributed by atoms with Crippen LogP contribution in [0.1, 0.15) is 83.6 Å². The molecule has 4 fully saturated rings. The number of nitrogens with one attached hydrogen (secondary N) is 4. The van der Waals surface area contributed by atoms with E-state index in [2.05, 4.69) is 60.2 Å². The lowest BCUT2D eigenvalue weighted by molar-refractivity contribution is -0.274. The third-order valence-electron chi connectivity index (χ3n) is 16.4. The van der Waals surface area contributed by atoms with E-state index in [1.165, 1.54) is 19.1 Å². The van der Waals surface area contributed by atoms with Crippen LogP contribution >= 0.6 is 34.8 Å². The van der Waals surface area contributed by atoms with Crippen LogP contribution in [0.15, 0.2) is 73.3 Å². The molecule has 2 unspecified atom stereocenters. The molecule has 0 saturated carbocycles. The van der Waals surface area contributed by atoms with E-state index in [-0.39, 0.29) is 41.3 Å². The van der Waals surface area contributed by atoms with Gasteiger partial charge < -0.3 is 38.9 Å². The third-order valence-corrected chi connectivity index (χ3v) is 17.1. The van der Waals surface area contributed by atoms with E-state index in [4.69, 9.17) is 34.8 Å². The van der Waals surface area contributed by atoms with Crippen LogP contribution in [0.2, 0.25) is 15.1 Å². The Hall–Kier alpha value is -7.30. The number of amides is 3. The molecule has 3 amide bonds. The molecule has 4 aliphatic rings. The number of fused-ring (bicyclic) bond motifs is 4. The highest BCUT2D eigenvalue weighted by Gasteiger charge is 2.34. The van der Waals surface area contributed by atoms with Crippen molar-refractivity contribution in [2.75, 3.05) is 88.2 Å². The van der Waals surface area contributed by atoms with Crippen LogP contribution in [-0.4, -0.2) is 165 Å². The number of ketones is 1. The van der Waals surface area contributed by atoms with Gasteiger partial charge in [0.05, 0.1) is 58.8 Å². The molecule has 2 atom stereocenters. The first-order valence-corrected chi connectivity index (χ1v) is 29.3. The number of carbonyl (C=O) groups is 4. The highest BCUT2D eigenvalue weighted by Crippen LogP contribution is 2.39. The van der Waals surface area contributed by atoms with Crippen molar-refractivity contribution in [3.05, 3.63) is 93.9 Å². The first-order valence-electron chi connectivity index (χ1n) is 28.1. The lowest BCUT2D eigenvalue weighted by atomic mass is 9.87. The van der Waals surface area contributed by atoms with Crippen LogP contribution in [0.5, 0.6) is 5.75 Å². The van der Waals surface area contributed by atoms with Crippen molar-refractivity contribution in [3.8, 4) is 5.75 Å². The van der Waals surface area contributed by atoms with Crippen LogP contribution in [0.4, 0.5) is 30.2 Å². The highest BCUT2D eigenvalue weighted by atomic mass is 35.5. The summed E-state index contributed by atoms with van der Waals surface area (Å²) in [7, 11) is 5.47. The average Bonchev–Trinajstić information content (AvgIpc) is 4.20. The number of alkyl halides is 3. The topological polar surface area (TPSA) is 212 Å². The van der Waals surface area contributed by atoms with Crippen molar-refractivity contribution in [2.24, 2.45) is 11.8 Å². The average molecular weight is 1220 g/mol. The number of aromatic amines is 4. The maximum atomic E-state index is 12.5. The Bertz CT molecular complexity index is 3610. The maximum absolute atomic E-state index is 12.5. The number of benzene rings is 4. The summed E-state index contributed by atoms with van der Waals surface area (Å²) in [5.74, 6) is 1.17. The first kappa shape index (κ1) is 61.3. The van der Waals surface area contributed by atoms with Gasteiger partial charge >= 0.3 is 6.36 Å². The molecule has 0 spiro atoms. The molecular weight excluding hydrogens is 1150 g/mol. The van der Waals surface area contributed by atoms with E-state index < -0.39 is 6.36 Å². The molecule has 4 aliphatic heterocycles. The molecule has 0 radical (unpaired) electrons. The highest BCUT2D eigenvalue weighted by molar-refractivity contribution is 6.32. The zero-order valence-electron chi connectivity index (χ0n) is 47.8. The van der Waals surface area contributed by atoms with Gasteiger partial charge in [0, 0.05) is 154 Å². The Balaban J connectivity index is 0.000000135. The molecule has 8 aromatic rings. The number of hydrogen-bond acceptors (Lipinski definition) is 12. The summed E-state index contributed by atoms with van der Waals surface area (Å²) >= 11 is 18.5. The molecule has 8 heterocycles. The normalized spacial score (nSPS) is 17.7. The number of piperidine rings is 2. The molecule has 12 rings (SSSR count). The quantitative estimate of drug-likeness (QED) is 0.101. The van der Waals surface area contributed by atoms with Gasteiger partial charge in [-0.25, -0.2) is 0 Å². The van der Waals surface area contributed by atoms with Gasteiger partial charge in [-0.3, -0.25) is 34.8 Å². The molecule has 25 heteroatoms. The first-order chi connectivity index (χ1) is 40.1. The Labute approximate surface area is 499 Å². The van der Waals surface area contributed by atoms with E-state index >= 15 is 0 Å². The number of rotatable bonds is 10. The fourth-order valence-electron chi connectivity index (χ4n) is 11.8. The van der Waals surface area contributed by atoms with Crippen LogP contribution in [-0.2, 0) is 19.2 Å². The lowest BCUT2D eigenvalue weighted by Gasteiger charge is -2.34. The maximum Gasteiger partial charge on any atom is 0.573 e. The Morgan fingerprint density at radius 1 is 0.595 bits per heavy atom. The number of aromatic nitrogens is 8. The number of Topliss-reactive ketones (excluding diaryl/α,β-unsaturated/α-hetero) is 1. The molecule has 84 heavy (non-hydrogen) atoms. The minimum atomic E-state index is -4.73. The van der Waals surface area contributed by atoms with Crippen molar-refractivity contribution in [2.45, 2.75) is 90.5 Å². The summed E-state index contributed by atoms with van der Waals surface area (Å²) in [4.78, 5) is 58.1. The van der Waals surface area contributed by atoms with Crippen molar-refractivity contribution >= 4 is 119 Å². The molecule has 4 saturated heterocycles. The van der Waals surface area contributed by atoms with E-state index in [0.717, 1.165) is 137 Å². The Kier molecular flexibility index (Phi) is 19.5. The number of carbonyl (C=O) groups excluding carboxylic acids is 4. The summed E-state index contributed by atoms with van der Waals surface area (Å²) in [5.41, 5.74) is 7.43. The molecule has 0 bridgehead atoms. The monoisotopic (exact) mass is 1220 g/mol. The van der Waals surface area contributed by atoms with Gasteiger partial charge in [0.25, 0.3) is 0 Å². The van der Waals surface area contributed by atoms with Gasteiger partial charge in [-0.1, -0.05) is 34.8 Å². The van der Waals surface area contributed by atoms with Crippen LogP contribution < -0.4 is 19.4 Å². The second kappa shape index (κ2) is 26.7. The third kappa shape index (κ3) is 15.0. The zero-order chi connectivity index (χ0) is 60.0. The minimum Gasteiger partial charge on any atom is -0.406 e. The number of anilines is 3. The zero-order valence-corrected chi connectivity index (χ0v) is 50.1. The Morgan fingerprint density at radius 3 is 1.54 bits per heavy atom. The second-order valence-electron chi connectivity index (χ2n) is 22.3. The van der Waals surface area contributed by atoms with E-state index in [1.807, 2.05) is 66.9 Å². The molecule has 448 valence electrons. The van der Waals surface area contributed by atoms with Gasteiger partial charge in [0.1, 0.15) is 11.5 Å². The minimum absolute atomic E-state index is 0.0195. The van der Waals surface area contributed by atoms with Crippen molar-refractivity contribution in [3.63, 3.8) is 0 Å². The van der Waals surface area contributed by atoms with Crippen molar-refractivity contribution < 1.29 is 37.1 Å². The number of likely N-dealkylation sites (N-methyl/N-ethyl adjacent to an activating group) is 1. The molecule has 4 aromatic carbocycles. The number of H-pyrrole nitrogens is 4. The smallest absolute Gasteiger partial charge is 0.406 e. The summed E-state index contributed by atoms with van der Waals surface area (Å²) in [6, 6.07) is 14.6. The molecule has 4 aromatic heterocycles. The fourth-order valence-corrected chi connectivity index (χ4v) is 12.5. The van der Waals surface area contributed by atoms with E-state index in [0.29, 0.717) is 59.6 Å². The lowest BCUT2D eigenvalue weighted by Crippen LogP contribution is -2.37. The predicted octanol–water partition coefficient (Wildman–Crippen LogP) is 11.4. The van der Waals surface area contributed by atoms with E-state index in [9.17, 15) is 32.3 Å². The van der Waals surface area contributed by atoms with Gasteiger partial charge in [0.15, 0.2) is 0 Å². The van der Waals surface area contributed by atoms with Gasteiger partial charge in [-0.2, -0.15) is 20.4 Å². The van der Waals surface area contributed by atoms with Crippen molar-refractivity contribution in [1.29, 1.82) is 0 Å². The van der Waals surface area contributed by atoms with Gasteiger partial charge in [0.2, 0.25) is 17.7 Å². The van der Waals surface area contributed by atoms with Crippen LogP contribution in [0.3, 0.4) is 0 Å². The van der Waals surface area contributed by atoms with Crippen molar-refractivity contribution in [1.82, 2.24) is 55.5 Å². The fraction of sp³-hybridized carbons (Fsp3) is 0.458. The molecular formula is C59H70Cl3F3N14O5. The summed E-state index contributed by atoms with van der Waals surface area (Å²) < 4.78 is 41.5. The predicted molar refractivity (Wildman–Crippen MR) is 323 cm³/mol. The SMILES string of the molecule is CC(=O)CCC1CCN(c2cc(Cl)cc3[nH]ncc23)CC1.CC(=O)N(C)C1CCN(c2cc(Cl)cc3[nH]ncc23)C1.CC(=O)N1CCC(c2cc(OC(F)(F)F)cc3[nH]ncc23)CC1.CN(C)C(=O)C1CCN(c2cc(Cl)cc3[nH]ncc23)C1. The number of nitrogens with zero attached hydrogens (tertiary/aromatic N) is 10. The molecule has 19 nitrogen and oxygen atoms in total. The number of halogens is 6.